The Hall–Kier alpha value is -3.63. The number of urea groups is 1. The lowest BCUT2D eigenvalue weighted by atomic mass is 10.1. The van der Waals surface area contributed by atoms with Gasteiger partial charge in [-0.15, -0.1) is 0 Å². The van der Waals surface area contributed by atoms with Crippen molar-refractivity contribution in [3.05, 3.63) is 77.6 Å². The van der Waals surface area contributed by atoms with Crippen LogP contribution in [0.1, 0.15) is 37.9 Å². The predicted octanol–water partition coefficient (Wildman–Crippen LogP) is 4.74. The summed E-state index contributed by atoms with van der Waals surface area (Å²) >= 11 is 0. The fraction of sp³-hybridized carbons (Fsp3) is 0.414. The van der Waals surface area contributed by atoms with Gasteiger partial charge in [0.15, 0.2) is 17.4 Å². The van der Waals surface area contributed by atoms with Crippen molar-refractivity contribution in [2.24, 2.45) is 0 Å². The lowest BCUT2D eigenvalue weighted by molar-refractivity contribution is -0.148. The average Bonchev–Trinajstić information content (AvgIpc) is 3.27. The van der Waals surface area contributed by atoms with Gasteiger partial charge in [-0.1, -0.05) is 36.4 Å². The summed E-state index contributed by atoms with van der Waals surface area (Å²) in [6.07, 6.45) is 2.35. The number of aromatic nitrogens is 1. The third-order valence-corrected chi connectivity index (χ3v) is 6.64. The van der Waals surface area contributed by atoms with Crippen molar-refractivity contribution >= 4 is 22.8 Å². The molecular weight excluding hydrogens is 508 g/mol. The van der Waals surface area contributed by atoms with E-state index in [4.69, 9.17) is 14.2 Å². The number of nitrogens with zero attached hydrogens (tertiary/aromatic N) is 2. The van der Waals surface area contributed by atoms with Crippen molar-refractivity contribution in [1.82, 2.24) is 15.2 Å². The molecule has 1 fully saturated rings. The van der Waals surface area contributed by atoms with Gasteiger partial charge in [-0.3, -0.25) is 9.78 Å². The average molecular weight is 542 g/mol. The van der Waals surface area contributed by atoms with Gasteiger partial charge in [0.05, 0.1) is 25.2 Å². The van der Waals surface area contributed by atoms with Crippen molar-refractivity contribution in [2.45, 2.75) is 57.6 Å². The number of likely N-dealkylation sites (N-methyl/N-ethyl adjacent to an activating group) is 1. The summed E-state index contributed by atoms with van der Waals surface area (Å²) < 4.78 is 44.6. The van der Waals surface area contributed by atoms with Crippen molar-refractivity contribution < 1.29 is 32.6 Å². The number of rotatable bonds is 10. The highest BCUT2D eigenvalue weighted by atomic mass is 19.2. The smallest absolute Gasteiger partial charge is 0.317 e. The van der Waals surface area contributed by atoms with Crippen LogP contribution >= 0.6 is 0 Å². The monoisotopic (exact) mass is 541 g/mol. The van der Waals surface area contributed by atoms with Gasteiger partial charge in [0.25, 0.3) is 0 Å². The van der Waals surface area contributed by atoms with Crippen LogP contribution in [0.25, 0.3) is 10.8 Å². The number of hydrogen-bond acceptors (Lipinski definition) is 6. The summed E-state index contributed by atoms with van der Waals surface area (Å²) in [5, 5.41) is 4.66. The summed E-state index contributed by atoms with van der Waals surface area (Å²) in [6.45, 7) is 3.66. The molecule has 4 rings (SSSR count). The molecular formula is C29H33F2N3O5. The predicted molar refractivity (Wildman–Crippen MR) is 141 cm³/mol. The number of amides is 2. The molecule has 2 atom stereocenters. The molecule has 2 amide bonds. The molecule has 1 aromatic heterocycles. The van der Waals surface area contributed by atoms with E-state index in [0.29, 0.717) is 19.4 Å². The Balaban J connectivity index is 1.34. The largest absolute Gasteiger partial charge is 0.463 e. The number of ether oxygens (including phenoxy) is 3. The SMILES string of the molecule is CN(C(=O)NCc1cccc(F)c1F)[C@H](COC(=O)CCc1cc2ccccc2cn1)C[C@@H]1COC(C)(C)O1. The van der Waals surface area contributed by atoms with Crippen LogP contribution < -0.4 is 5.32 Å². The number of esters is 1. The Labute approximate surface area is 226 Å². The summed E-state index contributed by atoms with van der Waals surface area (Å²) in [7, 11) is 1.55. The summed E-state index contributed by atoms with van der Waals surface area (Å²) in [5.74, 6) is -3.17. The minimum absolute atomic E-state index is 0.0244. The summed E-state index contributed by atoms with van der Waals surface area (Å²) in [5.41, 5.74) is 0.804. The van der Waals surface area contributed by atoms with Crippen LogP contribution in [-0.4, -0.2) is 60.1 Å². The molecule has 0 aliphatic carbocycles. The first-order valence-electron chi connectivity index (χ1n) is 12.9. The van der Waals surface area contributed by atoms with E-state index in [9.17, 15) is 18.4 Å². The third kappa shape index (κ3) is 7.70. The van der Waals surface area contributed by atoms with Gasteiger partial charge in [0.2, 0.25) is 0 Å². The van der Waals surface area contributed by atoms with Crippen LogP contribution in [0.2, 0.25) is 0 Å². The second-order valence-corrected chi connectivity index (χ2v) is 10.0. The lowest BCUT2D eigenvalue weighted by Crippen LogP contribution is -2.47. The van der Waals surface area contributed by atoms with E-state index in [1.165, 1.54) is 17.0 Å². The molecule has 208 valence electrons. The molecule has 0 bridgehead atoms. The first-order valence-corrected chi connectivity index (χ1v) is 12.9. The molecule has 1 N–H and O–H groups in total. The van der Waals surface area contributed by atoms with E-state index in [1.54, 1.807) is 27.1 Å². The first-order chi connectivity index (χ1) is 18.6. The highest BCUT2D eigenvalue weighted by Gasteiger charge is 2.36. The fourth-order valence-electron chi connectivity index (χ4n) is 4.42. The molecule has 0 saturated carbocycles. The number of carbonyl (C=O) groups excluding carboxylic acids is 2. The molecule has 3 aromatic rings. The highest BCUT2D eigenvalue weighted by molar-refractivity contribution is 5.82. The molecule has 1 aliphatic heterocycles. The molecule has 2 aromatic carbocycles. The topological polar surface area (TPSA) is 90.0 Å². The van der Waals surface area contributed by atoms with Crippen LogP contribution in [0, 0.1) is 11.6 Å². The third-order valence-electron chi connectivity index (χ3n) is 6.64. The van der Waals surface area contributed by atoms with E-state index in [-0.39, 0.29) is 31.2 Å². The Morgan fingerprint density at radius 2 is 1.95 bits per heavy atom. The zero-order valence-electron chi connectivity index (χ0n) is 22.3. The van der Waals surface area contributed by atoms with Crippen molar-refractivity contribution in [3.63, 3.8) is 0 Å². The number of hydrogen-bond donors (Lipinski definition) is 1. The summed E-state index contributed by atoms with van der Waals surface area (Å²) in [6, 6.07) is 12.5. The van der Waals surface area contributed by atoms with Crippen molar-refractivity contribution in [3.8, 4) is 0 Å². The zero-order chi connectivity index (χ0) is 28.0. The van der Waals surface area contributed by atoms with E-state index in [2.05, 4.69) is 10.3 Å². The molecule has 1 saturated heterocycles. The van der Waals surface area contributed by atoms with Crippen LogP contribution in [0.3, 0.4) is 0 Å². The maximum Gasteiger partial charge on any atom is 0.317 e. The maximum absolute atomic E-state index is 14.0. The van der Waals surface area contributed by atoms with Gasteiger partial charge in [0.1, 0.15) is 6.61 Å². The van der Waals surface area contributed by atoms with Crippen molar-refractivity contribution in [1.29, 1.82) is 0 Å². The molecule has 10 heteroatoms. The van der Waals surface area contributed by atoms with E-state index in [0.717, 1.165) is 22.5 Å². The van der Waals surface area contributed by atoms with Crippen LogP contribution in [-0.2, 0) is 32.0 Å². The Kier molecular flexibility index (Phi) is 9.08. The van der Waals surface area contributed by atoms with Crippen LogP contribution in [0.5, 0.6) is 0 Å². The molecule has 0 radical (unpaired) electrons. The quantitative estimate of drug-likeness (QED) is 0.373. The van der Waals surface area contributed by atoms with Gasteiger partial charge >= 0.3 is 12.0 Å². The Morgan fingerprint density at radius 3 is 2.69 bits per heavy atom. The maximum atomic E-state index is 14.0. The molecule has 39 heavy (non-hydrogen) atoms. The number of carbonyl (C=O) groups is 2. The standard InChI is InChI=1S/C29H33F2N3O5/c1-29(2)38-18-24(39-29)14-23(34(3)28(36)33-16-21-9-6-10-25(30)27(21)31)17-37-26(35)12-11-22-13-19-7-4-5-8-20(19)15-32-22/h4-10,13,15,23-24H,11-12,14,16-18H2,1-3H3,(H,33,36)/t23-,24+/m0/s1. The second-order valence-electron chi connectivity index (χ2n) is 10.0. The highest BCUT2D eigenvalue weighted by Crippen LogP contribution is 2.26. The Bertz CT molecular complexity index is 1320. The number of fused-ring (bicyclic) bond motifs is 1. The zero-order valence-corrected chi connectivity index (χ0v) is 22.3. The Morgan fingerprint density at radius 1 is 1.18 bits per heavy atom. The molecule has 8 nitrogen and oxygen atoms in total. The molecule has 0 unspecified atom stereocenters. The van der Waals surface area contributed by atoms with Gasteiger partial charge in [-0.05, 0) is 37.8 Å². The van der Waals surface area contributed by atoms with Crippen LogP contribution in [0.4, 0.5) is 13.6 Å². The van der Waals surface area contributed by atoms with Gasteiger partial charge in [-0.2, -0.15) is 0 Å². The summed E-state index contributed by atoms with van der Waals surface area (Å²) in [4.78, 5) is 31.3. The molecule has 1 aliphatic rings. The van der Waals surface area contributed by atoms with Gasteiger partial charge < -0.3 is 24.4 Å². The first kappa shape index (κ1) is 28.4. The number of pyridine rings is 1. The van der Waals surface area contributed by atoms with E-state index < -0.39 is 35.5 Å². The minimum Gasteiger partial charge on any atom is -0.463 e. The lowest BCUT2D eigenvalue weighted by Gasteiger charge is -2.30. The second kappa shape index (κ2) is 12.5. The van der Waals surface area contributed by atoms with Gasteiger partial charge in [-0.25, -0.2) is 13.6 Å². The molecule has 0 spiro atoms. The number of nitrogens with one attached hydrogen (secondary N) is 1. The van der Waals surface area contributed by atoms with Crippen molar-refractivity contribution in [2.75, 3.05) is 20.3 Å². The van der Waals surface area contributed by atoms with Crippen LogP contribution in [0.15, 0.2) is 54.7 Å². The number of halogens is 2. The fourth-order valence-corrected chi connectivity index (χ4v) is 4.42. The van der Waals surface area contributed by atoms with Gasteiger partial charge in [0, 0.05) is 42.9 Å². The normalized spacial score (nSPS) is 17.1. The van der Waals surface area contributed by atoms with E-state index >= 15 is 0 Å². The van der Waals surface area contributed by atoms with E-state index in [1.807, 2.05) is 30.3 Å². The number of benzene rings is 2. The number of aryl methyl sites for hydroxylation is 1. The minimum atomic E-state index is -1.01. The molecule has 2 heterocycles.